The zero-order valence-corrected chi connectivity index (χ0v) is 20.3. The van der Waals surface area contributed by atoms with Gasteiger partial charge in [0.05, 0.1) is 25.5 Å². The van der Waals surface area contributed by atoms with Crippen molar-refractivity contribution < 1.29 is 23.4 Å². The molecule has 0 unspecified atom stereocenters. The Morgan fingerprint density at radius 3 is 2.72 bits per heavy atom. The molecule has 0 saturated heterocycles. The van der Waals surface area contributed by atoms with Crippen molar-refractivity contribution in [1.29, 1.82) is 0 Å². The lowest BCUT2D eigenvalue weighted by Gasteiger charge is -2.16. The first-order valence-corrected chi connectivity index (χ1v) is 12.1. The van der Waals surface area contributed by atoms with Crippen molar-refractivity contribution in [1.82, 2.24) is 0 Å². The van der Waals surface area contributed by atoms with Crippen LogP contribution in [0.4, 0.5) is 4.39 Å². The zero-order chi connectivity index (χ0) is 22.7. The average Bonchev–Trinajstić information content (AvgIpc) is 3.59. The number of carbonyl (C=O) groups excluding carboxylic acids is 1. The monoisotopic (exact) mass is 518 g/mol. The summed E-state index contributed by atoms with van der Waals surface area (Å²) in [6.45, 7) is 0.344. The van der Waals surface area contributed by atoms with Crippen LogP contribution in [0.2, 0.25) is 0 Å². The van der Waals surface area contributed by atoms with Crippen LogP contribution in [-0.2, 0) is 16.1 Å². The molecule has 1 saturated carbocycles. The van der Waals surface area contributed by atoms with Gasteiger partial charge < -0.3 is 14.2 Å². The van der Waals surface area contributed by atoms with E-state index in [1.807, 2.05) is 29.6 Å². The van der Waals surface area contributed by atoms with Crippen LogP contribution in [0.25, 0.3) is 10.4 Å². The summed E-state index contributed by atoms with van der Waals surface area (Å²) in [6, 6.07) is 12.6. The molecule has 1 fully saturated rings. The summed E-state index contributed by atoms with van der Waals surface area (Å²) in [5.74, 6) is 1.54. The van der Waals surface area contributed by atoms with E-state index in [1.54, 1.807) is 19.2 Å². The van der Waals surface area contributed by atoms with Gasteiger partial charge in [0.2, 0.25) is 0 Å². The van der Waals surface area contributed by atoms with Gasteiger partial charge in [-0.3, -0.25) is 4.79 Å². The van der Waals surface area contributed by atoms with E-state index in [1.165, 1.54) is 24.5 Å². The molecular formula is C25H24BrFO4S. The second kappa shape index (κ2) is 10.0. The van der Waals surface area contributed by atoms with Gasteiger partial charge in [-0.15, -0.1) is 11.3 Å². The standard InChI is InChI=1S/C25H24BrFO4S/c1-29-18-8-9-22(27)21(11-18)25-24(26)17(14-32-25)13-31-19-5-3-4-16(10-19)20(15-6-7-15)12-23(28)30-2/h3-5,8-11,14-15,20H,6-7,12-13H2,1-2H3/t20-/m0/s1. The van der Waals surface area contributed by atoms with Crippen molar-refractivity contribution in [3.05, 3.63) is 69.3 Å². The van der Waals surface area contributed by atoms with Crippen molar-refractivity contribution in [3.8, 4) is 21.9 Å². The molecule has 1 atom stereocenters. The molecule has 1 heterocycles. The highest BCUT2D eigenvalue weighted by molar-refractivity contribution is 9.10. The molecule has 0 bridgehead atoms. The summed E-state index contributed by atoms with van der Waals surface area (Å²) in [4.78, 5) is 12.6. The minimum absolute atomic E-state index is 0.154. The van der Waals surface area contributed by atoms with Crippen LogP contribution in [0.15, 0.2) is 52.3 Å². The maximum absolute atomic E-state index is 14.4. The number of halogens is 2. The summed E-state index contributed by atoms with van der Waals surface area (Å²) in [5, 5.41) is 1.96. The number of esters is 1. The van der Waals surface area contributed by atoms with Gasteiger partial charge in [0.15, 0.2) is 0 Å². The Kier molecular flexibility index (Phi) is 7.16. The lowest BCUT2D eigenvalue weighted by Crippen LogP contribution is -2.10. The summed E-state index contributed by atoms with van der Waals surface area (Å²) < 4.78 is 31.4. The van der Waals surface area contributed by atoms with Gasteiger partial charge in [-0.25, -0.2) is 4.39 Å². The summed E-state index contributed by atoms with van der Waals surface area (Å²) >= 11 is 5.07. The summed E-state index contributed by atoms with van der Waals surface area (Å²) in [5.41, 5.74) is 2.52. The lowest BCUT2D eigenvalue weighted by molar-refractivity contribution is -0.141. The summed E-state index contributed by atoms with van der Waals surface area (Å²) in [7, 11) is 2.99. The van der Waals surface area contributed by atoms with Crippen LogP contribution in [0.1, 0.15) is 36.3 Å². The van der Waals surface area contributed by atoms with Crippen LogP contribution in [-0.4, -0.2) is 20.2 Å². The van der Waals surface area contributed by atoms with Crippen molar-refractivity contribution in [2.75, 3.05) is 14.2 Å². The summed E-state index contributed by atoms with van der Waals surface area (Å²) in [6.07, 6.45) is 2.66. The third-order valence-corrected chi connectivity index (χ3v) is 7.93. The van der Waals surface area contributed by atoms with Gasteiger partial charge in [0.25, 0.3) is 0 Å². The lowest BCUT2D eigenvalue weighted by atomic mass is 9.91. The van der Waals surface area contributed by atoms with E-state index in [4.69, 9.17) is 14.2 Å². The van der Waals surface area contributed by atoms with Crippen molar-refractivity contribution in [3.63, 3.8) is 0 Å². The fourth-order valence-corrected chi connectivity index (χ4v) is 5.62. The van der Waals surface area contributed by atoms with Gasteiger partial charge in [-0.1, -0.05) is 12.1 Å². The van der Waals surface area contributed by atoms with E-state index in [0.29, 0.717) is 30.3 Å². The van der Waals surface area contributed by atoms with Gasteiger partial charge in [0, 0.05) is 15.6 Å². The molecular weight excluding hydrogens is 495 g/mol. The molecule has 0 aliphatic heterocycles. The Balaban J connectivity index is 1.49. The molecule has 3 aromatic rings. The fourth-order valence-electron chi connectivity index (χ4n) is 3.78. The number of rotatable bonds is 9. The third kappa shape index (κ3) is 5.15. The number of carbonyl (C=O) groups is 1. The number of ether oxygens (including phenoxy) is 3. The Hall–Kier alpha value is -2.38. The Labute approximate surface area is 199 Å². The van der Waals surface area contributed by atoms with Crippen LogP contribution in [0.5, 0.6) is 11.5 Å². The van der Waals surface area contributed by atoms with E-state index in [-0.39, 0.29) is 17.7 Å². The maximum atomic E-state index is 14.4. The number of benzene rings is 2. The molecule has 1 aliphatic carbocycles. The first-order chi connectivity index (χ1) is 15.5. The van der Waals surface area contributed by atoms with Gasteiger partial charge in [0.1, 0.15) is 23.9 Å². The topological polar surface area (TPSA) is 44.8 Å². The second-order valence-corrected chi connectivity index (χ2v) is 9.51. The molecule has 0 spiro atoms. The quantitative estimate of drug-likeness (QED) is 0.287. The van der Waals surface area contributed by atoms with Crippen LogP contribution in [0.3, 0.4) is 0 Å². The number of methoxy groups -OCH3 is 2. The van der Waals surface area contributed by atoms with Crippen LogP contribution < -0.4 is 9.47 Å². The average molecular weight is 519 g/mol. The molecule has 4 rings (SSSR count). The maximum Gasteiger partial charge on any atom is 0.306 e. The van der Waals surface area contributed by atoms with Gasteiger partial charge >= 0.3 is 5.97 Å². The highest BCUT2D eigenvalue weighted by atomic mass is 79.9. The molecule has 0 N–H and O–H groups in total. The van der Waals surface area contributed by atoms with Crippen LogP contribution >= 0.6 is 27.3 Å². The minimum Gasteiger partial charge on any atom is -0.497 e. The van der Waals surface area contributed by atoms with E-state index >= 15 is 0 Å². The SMILES string of the molecule is COC(=O)C[C@H](c1cccc(OCc2csc(-c3cc(OC)ccc3F)c2Br)c1)C1CC1. The molecule has 168 valence electrons. The van der Waals surface area contributed by atoms with E-state index < -0.39 is 0 Å². The van der Waals surface area contributed by atoms with E-state index in [0.717, 1.165) is 39.1 Å². The number of thiophene rings is 1. The highest BCUT2D eigenvalue weighted by Gasteiger charge is 2.34. The Morgan fingerprint density at radius 2 is 2.00 bits per heavy atom. The molecule has 7 heteroatoms. The van der Waals surface area contributed by atoms with E-state index in [9.17, 15) is 9.18 Å². The molecule has 4 nitrogen and oxygen atoms in total. The molecule has 0 radical (unpaired) electrons. The first-order valence-electron chi connectivity index (χ1n) is 10.4. The molecule has 1 aliphatic rings. The van der Waals surface area contributed by atoms with Gasteiger partial charge in [-0.05, 0) is 81.9 Å². The molecule has 2 aromatic carbocycles. The zero-order valence-electron chi connectivity index (χ0n) is 17.9. The largest absolute Gasteiger partial charge is 0.497 e. The smallest absolute Gasteiger partial charge is 0.306 e. The minimum atomic E-state index is -0.301. The second-order valence-electron chi connectivity index (χ2n) is 7.84. The third-order valence-electron chi connectivity index (χ3n) is 5.70. The highest BCUT2D eigenvalue weighted by Crippen LogP contribution is 2.45. The predicted octanol–water partition coefficient (Wildman–Crippen LogP) is 6.96. The van der Waals surface area contributed by atoms with Crippen molar-refractivity contribution in [2.24, 2.45) is 5.92 Å². The Morgan fingerprint density at radius 1 is 1.19 bits per heavy atom. The van der Waals surface area contributed by atoms with Crippen molar-refractivity contribution in [2.45, 2.75) is 31.8 Å². The van der Waals surface area contributed by atoms with Crippen molar-refractivity contribution >= 4 is 33.2 Å². The predicted molar refractivity (Wildman–Crippen MR) is 127 cm³/mol. The van der Waals surface area contributed by atoms with Gasteiger partial charge in [-0.2, -0.15) is 0 Å². The first kappa shape index (κ1) is 22.8. The van der Waals surface area contributed by atoms with Crippen LogP contribution in [0, 0.1) is 11.7 Å². The fraction of sp³-hybridized carbons (Fsp3) is 0.320. The Bertz CT molecular complexity index is 1110. The van der Waals surface area contributed by atoms with E-state index in [2.05, 4.69) is 15.9 Å². The number of hydrogen-bond donors (Lipinski definition) is 0. The molecule has 1 aromatic heterocycles. The molecule has 32 heavy (non-hydrogen) atoms. The number of hydrogen-bond acceptors (Lipinski definition) is 5. The molecule has 0 amide bonds. The normalized spacial score (nSPS) is 14.1.